The molecule has 118 valence electrons. The van der Waals surface area contributed by atoms with E-state index >= 15 is 0 Å². The number of amides is 1. The van der Waals surface area contributed by atoms with Crippen LogP contribution in [0.3, 0.4) is 0 Å². The summed E-state index contributed by atoms with van der Waals surface area (Å²) in [5.74, 6) is -0.743. The second kappa shape index (κ2) is 6.02. The van der Waals surface area contributed by atoms with E-state index in [1.54, 1.807) is 50.5 Å². The molecule has 0 unspecified atom stereocenters. The fourth-order valence-electron chi connectivity index (χ4n) is 2.54. The lowest BCUT2D eigenvalue weighted by molar-refractivity contribution is 0.0853. The molecule has 2 aromatic carbocycles. The lowest BCUT2D eigenvalue weighted by Gasteiger charge is -2.12. The van der Waals surface area contributed by atoms with Gasteiger partial charge in [0.1, 0.15) is 11.5 Å². The molecule has 23 heavy (non-hydrogen) atoms. The summed E-state index contributed by atoms with van der Waals surface area (Å²) in [5, 5.41) is 2.76. The molecule has 0 aliphatic carbocycles. The minimum Gasteiger partial charge on any atom is -0.350 e. The number of hydrogen-bond donors (Lipinski definition) is 2. The van der Waals surface area contributed by atoms with Gasteiger partial charge in [0.25, 0.3) is 5.91 Å². The quantitative estimate of drug-likeness (QED) is 0.716. The Balaban J connectivity index is 2.30. The van der Waals surface area contributed by atoms with Crippen molar-refractivity contribution in [3.05, 3.63) is 59.0 Å². The van der Waals surface area contributed by atoms with Crippen molar-refractivity contribution in [1.82, 2.24) is 15.4 Å². The normalized spacial score (nSPS) is 11.2. The molecule has 1 aromatic heterocycles. The number of nitrogens with zero attached hydrogens (tertiary/aromatic N) is 1. The molecule has 1 amide bonds. The Bertz CT molecular complexity index is 889. The van der Waals surface area contributed by atoms with E-state index in [9.17, 15) is 9.18 Å². The predicted octanol–water partition coefficient (Wildman–Crippen LogP) is 3.83. The number of H-pyrrole nitrogens is 1. The SMILES string of the molecule is CN(C)NC(=O)c1[nH]c2ccc(Cl)cc2c1-c1ccccc1F. The van der Waals surface area contributed by atoms with Crippen LogP contribution in [0.25, 0.3) is 22.0 Å². The van der Waals surface area contributed by atoms with Gasteiger partial charge >= 0.3 is 0 Å². The van der Waals surface area contributed by atoms with Gasteiger partial charge in [0, 0.05) is 41.1 Å². The van der Waals surface area contributed by atoms with Crippen LogP contribution in [-0.4, -0.2) is 30.0 Å². The van der Waals surface area contributed by atoms with Crippen molar-refractivity contribution in [2.45, 2.75) is 0 Å². The summed E-state index contributed by atoms with van der Waals surface area (Å²) >= 11 is 6.07. The molecule has 0 aliphatic rings. The second-order valence-corrected chi connectivity index (χ2v) is 5.82. The van der Waals surface area contributed by atoms with Crippen LogP contribution in [0.2, 0.25) is 5.02 Å². The Morgan fingerprint density at radius 1 is 1.22 bits per heavy atom. The van der Waals surface area contributed by atoms with Gasteiger partial charge in [0.2, 0.25) is 0 Å². The van der Waals surface area contributed by atoms with E-state index in [0.717, 1.165) is 5.52 Å². The van der Waals surface area contributed by atoms with Gasteiger partial charge in [-0.05, 0) is 24.3 Å². The highest BCUT2D eigenvalue weighted by Gasteiger charge is 2.21. The fraction of sp³-hybridized carbons (Fsp3) is 0.118. The highest BCUT2D eigenvalue weighted by Crippen LogP contribution is 2.35. The van der Waals surface area contributed by atoms with Crippen LogP contribution < -0.4 is 5.43 Å². The minimum absolute atomic E-state index is 0.293. The Kier molecular flexibility index (Phi) is 4.07. The molecule has 0 saturated carbocycles. The number of aromatic nitrogens is 1. The zero-order valence-corrected chi connectivity index (χ0v) is 13.4. The average molecular weight is 332 g/mol. The summed E-state index contributed by atoms with van der Waals surface area (Å²) in [7, 11) is 3.42. The zero-order valence-electron chi connectivity index (χ0n) is 12.7. The van der Waals surface area contributed by atoms with E-state index in [1.807, 2.05) is 0 Å². The number of fused-ring (bicyclic) bond motifs is 1. The first-order valence-corrected chi connectivity index (χ1v) is 7.39. The molecule has 0 aliphatic heterocycles. The van der Waals surface area contributed by atoms with E-state index < -0.39 is 5.82 Å². The van der Waals surface area contributed by atoms with Crippen LogP contribution in [0.4, 0.5) is 4.39 Å². The summed E-state index contributed by atoms with van der Waals surface area (Å²) < 4.78 is 14.3. The Labute approximate surface area is 137 Å². The maximum Gasteiger partial charge on any atom is 0.282 e. The number of nitrogens with one attached hydrogen (secondary N) is 2. The van der Waals surface area contributed by atoms with E-state index in [1.165, 1.54) is 11.1 Å². The van der Waals surface area contributed by atoms with Crippen molar-refractivity contribution in [2.24, 2.45) is 0 Å². The smallest absolute Gasteiger partial charge is 0.282 e. The summed E-state index contributed by atoms with van der Waals surface area (Å²) in [6.07, 6.45) is 0. The topological polar surface area (TPSA) is 48.1 Å². The number of carbonyl (C=O) groups is 1. The van der Waals surface area contributed by atoms with Crippen molar-refractivity contribution in [3.63, 3.8) is 0 Å². The maximum atomic E-state index is 14.3. The lowest BCUT2D eigenvalue weighted by Crippen LogP contribution is -2.36. The lowest BCUT2D eigenvalue weighted by atomic mass is 10.0. The summed E-state index contributed by atoms with van der Waals surface area (Å²) in [6, 6.07) is 11.6. The van der Waals surface area contributed by atoms with E-state index in [4.69, 9.17) is 11.6 Å². The van der Waals surface area contributed by atoms with Crippen molar-refractivity contribution >= 4 is 28.4 Å². The van der Waals surface area contributed by atoms with Gasteiger partial charge in [-0.1, -0.05) is 29.8 Å². The van der Waals surface area contributed by atoms with Crippen LogP contribution in [0, 0.1) is 5.82 Å². The molecule has 0 saturated heterocycles. The largest absolute Gasteiger partial charge is 0.350 e. The van der Waals surface area contributed by atoms with Crippen LogP contribution in [0.1, 0.15) is 10.5 Å². The minimum atomic E-state index is -0.396. The molecule has 0 spiro atoms. The Morgan fingerprint density at radius 2 is 1.96 bits per heavy atom. The van der Waals surface area contributed by atoms with Gasteiger partial charge in [-0.2, -0.15) is 0 Å². The van der Waals surface area contributed by atoms with Gasteiger partial charge < -0.3 is 4.98 Å². The third-order valence-electron chi connectivity index (χ3n) is 3.46. The summed E-state index contributed by atoms with van der Waals surface area (Å²) in [5.41, 5.74) is 4.54. The number of rotatable bonds is 3. The third-order valence-corrected chi connectivity index (χ3v) is 3.69. The molecule has 3 aromatic rings. The molecular formula is C17H15ClFN3O. The van der Waals surface area contributed by atoms with Crippen molar-refractivity contribution in [1.29, 1.82) is 0 Å². The molecule has 0 bridgehead atoms. The molecule has 0 atom stereocenters. The molecule has 6 heteroatoms. The summed E-state index contributed by atoms with van der Waals surface area (Å²) in [6.45, 7) is 0. The van der Waals surface area contributed by atoms with E-state index in [-0.39, 0.29) is 5.91 Å². The van der Waals surface area contributed by atoms with Crippen LogP contribution in [0.15, 0.2) is 42.5 Å². The second-order valence-electron chi connectivity index (χ2n) is 5.38. The molecule has 2 N–H and O–H groups in total. The van der Waals surface area contributed by atoms with Crippen LogP contribution in [0.5, 0.6) is 0 Å². The van der Waals surface area contributed by atoms with Gasteiger partial charge in [-0.25, -0.2) is 9.40 Å². The van der Waals surface area contributed by atoms with E-state index in [0.29, 0.717) is 27.2 Å². The maximum absolute atomic E-state index is 14.3. The number of halogens is 2. The monoisotopic (exact) mass is 331 g/mol. The van der Waals surface area contributed by atoms with Gasteiger partial charge in [-0.15, -0.1) is 0 Å². The van der Waals surface area contributed by atoms with Crippen LogP contribution >= 0.6 is 11.6 Å². The van der Waals surface area contributed by atoms with Gasteiger partial charge in [0.15, 0.2) is 0 Å². The zero-order chi connectivity index (χ0) is 16.6. The van der Waals surface area contributed by atoms with Gasteiger partial charge in [-0.3, -0.25) is 10.2 Å². The number of hydrazine groups is 1. The van der Waals surface area contributed by atoms with Crippen molar-refractivity contribution < 1.29 is 9.18 Å². The molecule has 4 nitrogen and oxygen atoms in total. The molecule has 1 heterocycles. The summed E-state index contributed by atoms with van der Waals surface area (Å²) in [4.78, 5) is 15.5. The van der Waals surface area contributed by atoms with Crippen molar-refractivity contribution in [2.75, 3.05) is 14.1 Å². The third kappa shape index (κ3) is 2.93. The average Bonchev–Trinajstić information content (AvgIpc) is 2.85. The molecule has 0 radical (unpaired) electrons. The number of carbonyl (C=O) groups excluding carboxylic acids is 1. The van der Waals surface area contributed by atoms with E-state index in [2.05, 4.69) is 10.4 Å². The number of benzene rings is 2. The Morgan fingerprint density at radius 3 is 2.65 bits per heavy atom. The van der Waals surface area contributed by atoms with Gasteiger partial charge in [0.05, 0.1) is 0 Å². The first-order chi connectivity index (χ1) is 11.0. The number of aromatic amines is 1. The highest BCUT2D eigenvalue weighted by molar-refractivity contribution is 6.31. The standard InChI is InChI=1S/C17H15ClFN3O/c1-22(2)21-17(23)16-15(11-5-3-4-6-13(11)19)12-9-10(18)7-8-14(12)20-16/h3-9,20H,1-2H3,(H,21,23). The predicted molar refractivity (Wildman–Crippen MR) is 89.9 cm³/mol. The molecule has 0 fully saturated rings. The van der Waals surface area contributed by atoms with Crippen molar-refractivity contribution in [3.8, 4) is 11.1 Å². The first-order valence-electron chi connectivity index (χ1n) is 7.02. The first kappa shape index (κ1) is 15.5. The fourth-order valence-corrected chi connectivity index (χ4v) is 2.71. The molecular weight excluding hydrogens is 317 g/mol. The Hall–Kier alpha value is -2.37. The van der Waals surface area contributed by atoms with Crippen LogP contribution in [-0.2, 0) is 0 Å². The number of hydrogen-bond acceptors (Lipinski definition) is 2. The molecule has 3 rings (SSSR count). The highest BCUT2D eigenvalue weighted by atomic mass is 35.5.